The van der Waals surface area contributed by atoms with E-state index in [0.717, 1.165) is 19.3 Å². The lowest BCUT2D eigenvalue weighted by atomic mass is 9.89. The molecule has 0 saturated heterocycles. The van der Waals surface area contributed by atoms with E-state index in [1.807, 2.05) is 0 Å². The number of benzene rings is 1. The molecule has 0 aromatic heterocycles. The second-order valence-electron chi connectivity index (χ2n) is 5.27. The summed E-state index contributed by atoms with van der Waals surface area (Å²) in [5.41, 5.74) is 0.380. The van der Waals surface area contributed by atoms with Gasteiger partial charge >= 0.3 is 5.97 Å². The van der Waals surface area contributed by atoms with E-state index >= 15 is 0 Å². The van der Waals surface area contributed by atoms with Crippen molar-refractivity contribution in [2.75, 3.05) is 11.4 Å². The summed E-state index contributed by atoms with van der Waals surface area (Å²) in [5.74, 6) is -1.01. The van der Waals surface area contributed by atoms with Gasteiger partial charge in [0.1, 0.15) is 11.3 Å². The van der Waals surface area contributed by atoms with Crippen LogP contribution in [0.4, 0.5) is 5.69 Å². The molecular formula is C15H19NO4. The van der Waals surface area contributed by atoms with Crippen molar-refractivity contribution in [1.82, 2.24) is 0 Å². The Labute approximate surface area is 117 Å². The second kappa shape index (κ2) is 6.41. The van der Waals surface area contributed by atoms with E-state index in [9.17, 15) is 14.7 Å². The number of aromatic hydroxyl groups is 1. The number of phenols is 1. The van der Waals surface area contributed by atoms with Gasteiger partial charge in [0.05, 0.1) is 0 Å². The number of carboxylic acid groups (broad SMARTS) is 1. The molecule has 1 aromatic carbocycles. The zero-order valence-corrected chi connectivity index (χ0v) is 11.3. The minimum Gasteiger partial charge on any atom is -0.507 e. The summed E-state index contributed by atoms with van der Waals surface area (Å²) in [6.07, 6.45) is 6.61. The maximum atomic E-state index is 11.2. The van der Waals surface area contributed by atoms with Crippen molar-refractivity contribution in [3.05, 3.63) is 23.8 Å². The Balaban J connectivity index is 2.12. The molecule has 2 N–H and O–H groups in total. The number of hydrogen-bond donors (Lipinski definition) is 2. The van der Waals surface area contributed by atoms with Crippen molar-refractivity contribution in [1.29, 1.82) is 0 Å². The highest BCUT2D eigenvalue weighted by molar-refractivity contribution is 5.92. The van der Waals surface area contributed by atoms with Gasteiger partial charge in [-0.05, 0) is 30.9 Å². The van der Waals surface area contributed by atoms with Crippen molar-refractivity contribution in [3.63, 3.8) is 0 Å². The smallest absolute Gasteiger partial charge is 0.339 e. The Bertz CT molecular complexity index is 495. The number of anilines is 1. The molecule has 1 saturated carbocycles. The van der Waals surface area contributed by atoms with Crippen LogP contribution in [-0.2, 0) is 4.79 Å². The maximum absolute atomic E-state index is 11.2. The van der Waals surface area contributed by atoms with E-state index in [0.29, 0.717) is 18.2 Å². The Morgan fingerprint density at radius 3 is 2.55 bits per heavy atom. The molecule has 0 spiro atoms. The monoisotopic (exact) mass is 277 g/mol. The predicted molar refractivity (Wildman–Crippen MR) is 75.1 cm³/mol. The fourth-order valence-electron chi connectivity index (χ4n) is 2.74. The van der Waals surface area contributed by atoms with Gasteiger partial charge in [0, 0.05) is 18.3 Å². The molecule has 0 unspecified atom stereocenters. The fraction of sp³-hybridized carbons (Fsp3) is 0.467. The Morgan fingerprint density at radius 2 is 2.00 bits per heavy atom. The highest BCUT2D eigenvalue weighted by atomic mass is 16.4. The quantitative estimate of drug-likeness (QED) is 0.811. The molecule has 2 rings (SSSR count). The SMILES string of the molecule is O=CN(CC1CCCCC1)c1ccc(C(=O)O)c(O)c1. The molecule has 1 aliphatic rings. The van der Waals surface area contributed by atoms with Crippen LogP contribution in [0.5, 0.6) is 5.75 Å². The lowest BCUT2D eigenvalue weighted by molar-refractivity contribution is -0.107. The van der Waals surface area contributed by atoms with Crippen LogP contribution in [0.25, 0.3) is 0 Å². The number of rotatable bonds is 5. The molecule has 1 aliphatic carbocycles. The van der Waals surface area contributed by atoms with Gasteiger partial charge in [-0.25, -0.2) is 4.79 Å². The molecule has 0 atom stereocenters. The summed E-state index contributed by atoms with van der Waals surface area (Å²) in [5, 5.41) is 18.6. The third-order valence-electron chi connectivity index (χ3n) is 3.85. The number of hydrogen-bond acceptors (Lipinski definition) is 3. The number of carboxylic acids is 1. The van der Waals surface area contributed by atoms with Gasteiger partial charge in [0.15, 0.2) is 0 Å². The van der Waals surface area contributed by atoms with Gasteiger partial charge in [-0.2, -0.15) is 0 Å². The second-order valence-corrected chi connectivity index (χ2v) is 5.27. The standard InChI is InChI=1S/C15H19NO4/c17-10-16(9-11-4-2-1-3-5-11)12-6-7-13(15(19)20)14(18)8-12/h6-8,10-11,18H,1-5,9H2,(H,19,20). The van der Waals surface area contributed by atoms with Crippen LogP contribution in [0.2, 0.25) is 0 Å². The number of amides is 1. The largest absolute Gasteiger partial charge is 0.507 e. The van der Waals surface area contributed by atoms with Gasteiger partial charge in [-0.1, -0.05) is 19.3 Å². The molecule has 108 valence electrons. The summed E-state index contributed by atoms with van der Waals surface area (Å²) in [7, 11) is 0. The highest BCUT2D eigenvalue weighted by Gasteiger charge is 2.18. The molecule has 1 fully saturated rings. The van der Waals surface area contributed by atoms with Crippen LogP contribution < -0.4 is 4.90 Å². The average Bonchev–Trinajstić information content (AvgIpc) is 2.45. The first-order valence-electron chi connectivity index (χ1n) is 6.90. The van der Waals surface area contributed by atoms with Crippen molar-refractivity contribution >= 4 is 18.1 Å². The van der Waals surface area contributed by atoms with Gasteiger partial charge in [-0.15, -0.1) is 0 Å². The van der Waals surface area contributed by atoms with E-state index in [4.69, 9.17) is 5.11 Å². The number of carbonyl (C=O) groups is 2. The first-order chi connectivity index (χ1) is 9.61. The predicted octanol–water partition coefficient (Wildman–Crippen LogP) is 2.63. The molecular weight excluding hydrogens is 258 g/mol. The lowest BCUT2D eigenvalue weighted by Crippen LogP contribution is -2.29. The Morgan fingerprint density at radius 1 is 1.30 bits per heavy atom. The average molecular weight is 277 g/mol. The summed E-state index contributed by atoms with van der Waals surface area (Å²) in [4.78, 5) is 23.6. The first-order valence-corrected chi connectivity index (χ1v) is 6.90. The summed E-state index contributed by atoms with van der Waals surface area (Å²) in [6.45, 7) is 0.620. The number of aromatic carboxylic acids is 1. The molecule has 1 amide bonds. The van der Waals surface area contributed by atoms with Gasteiger partial charge in [0.2, 0.25) is 6.41 Å². The third kappa shape index (κ3) is 3.29. The topological polar surface area (TPSA) is 77.8 Å². The molecule has 0 bridgehead atoms. The van der Waals surface area contributed by atoms with Gasteiger partial charge < -0.3 is 15.1 Å². The van der Waals surface area contributed by atoms with Crippen LogP contribution in [0.15, 0.2) is 18.2 Å². The fourth-order valence-corrected chi connectivity index (χ4v) is 2.74. The first kappa shape index (κ1) is 14.4. The van der Waals surface area contributed by atoms with Gasteiger partial charge in [0.25, 0.3) is 0 Å². The minimum absolute atomic E-state index is 0.155. The molecule has 0 aliphatic heterocycles. The normalized spacial score (nSPS) is 15.8. The van der Waals surface area contributed by atoms with Crippen molar-refractivity contribution in [3.8, 4) is 5.75 Å². The molecule has 20 heavy (non-hydrogen) atoms. The molecule has 5 heteroatoms. The molecule has 0 radical (unpaired) electrons. The summed E-state index contributed by atoms with van der Waals surface area (Å²) in [6, 6.07) is 4.21. The van der Waals surface area contributed by atoms with Crippen LogP contribution in [-0.4, -0.2) is 29.1 Å². The van der Waals surface area contributed by atoms with Crippen LogP contribution in [0.3, 0.4) is 0 Å². The minimum atomic E-state index is -1.18. The zero-order chi connectivity index (χ0) is 14.5. The maximum Gasteiger partial charge on any atom is 0.339 e. The Hall–Kier alpha value is -2.04. The summed E-state index contributed by atoms with van der Waals surface area (Å²) < 4.78 is 0. The van der Waals surface area contributed by atoms with Crippen LogP contribution in [0.1, 0.15) is 42.5 Å². The van der Waals surface area contributed by atoms with Crippen molar-refractivity contribution in [2.45, 2.75) is 32.1 Å². The molecule has 1 aromatic rings. The van der Waals surface area contributed by atoms with Gasteiger partial charge in [-0.3, -0.25) is 4.79 Å². The van der Waals surface area contributed by atoms with Crippen molar-refractivity contribution in [2.24, 2.45) is 5.92 Å². The highest BCUT2D eigenvalue weighted by Crippen LogP contribution is 2.28. The van der Waals surface area contributed by atoms with E-state index in [1.165, 1.54) is 31.4 Å². The van der Waals surface area contributed by atoms with Crippen molar-refractivity contribution < 1.29 is 19.8 Å². The lowest BCUT2D eigenvalue weighted by Gasteiger charge is -2.27. The Kier molecular flexibility index (Phi) is 4.61. The van der Waals surface area contributed by atoms with Crippen LogP contribution >= 0.6 is 0 Å². The van der Waals surface area contributed by atoms with E-state index in [1.54, 1.807) is 11.0 Å². The zero-order valence-electron chi connectivity index (χ0n) is 11.3. The van der Waals surface area contributed by atoms with E-state index in [2.05, 4.69) is 0 Å². The van der Waals surface area contributed by atoms with E-state index in [-0.39, 0.29) is 11.3 Å². The molecule has 0 heterocycles. The van der Waals surface area contributed by atoms with E-state index < -0.39 is 5.97 Å². The van der Waals surface area contributed by atoms with Crippen LogP contribution in [0, 0.1) is 5.92 Å². The number of nitrogens with zero attached hydrogens (tertiary/aromatic N) is 1. The number of carbonyl (C=O) groups excluding carboxylic acids is 1. The third-order valence-corrected chi connectivity index (χ3v) is 3.85. The molecule has 5 nitrogen and oxygen atoms in total. The summed E-state index contributed by atoms with van der Waals surface area (Å²) >= 11 is 0.